The molecule has 0 nitrogen and oxygen atoms in total. The lowest BCUT2D eigenvalue weighted by Gasteiger charge is -2.13. The van der Waals surface area contributed by atoms with E-state index in [-0.39, 0.29) is 12.0 Å². The first-order valence-electron chi connectivity index (χ1n) is 5.37. The lowest BCUT2D eigenvalue weighted by molar-refractivity contribution is -0.138. The average Bonchev–Trinajstić information content (AvgIpc) is 2.31. The van der Waals surface area contributed by atoms with Gasteiger partial charge in [-0.2, -0.15) is 13.2 Å². The molecule has 0 aliphatic heterocycles. The highest BCUT2D eigenvalue weighted by atomic mass is 35.5. The van der Waals surface area contributed by atoms with Crippen molar-refractivity contribution in [2.45, 2.75) is 12.6 Å². The lowest BCUT2D eigenvalue weighted by Crippen LogP contribution is -2.09. The van der Waals surface area contributed by atoms with Gasteiger partial charge in [-0.1, -0.05) is 48.0 Å². The van der Waals surface area contributed by atoms with Crippen molar-refractivity contribution in [3.8, 4) is 0 Å². The Morgan fingerprint density at radius 1 is 0.833 bits per heavy atom. The molecule has 18 heavy (non-hydrogen) atoms. The zero-order valence-corrected chi connectivity index (χ0v) is 10.1. The average molecular weight is 271 g/mol. The molecular weight excluding hydrogens is 261 g/mol. The molecule has 0 saturated heterocycles. The predicted molar refractivity (Wildman–Crippen MR) is 65.7 cm³/mol. The minimum Gasteiger partial charge on any atom is -0.166 e. The monoisotopic (exact) mass is 270 g/mol. The Hall–Kier alpha value is -1.48. The largest absolute Gasteiger partial charge is 0.416 e. The molecule has 0 atom stereocenters. The molecular formula is C14H10ClF3. The van der Waals surface area contributed by atoms with Crippen molar-refractivity contribution in [3.05, 3.63) is 70.2 Å². The van der Waals surface area contributed by atoms with Crippen molar-refractivity contribution in [1.29, 1.82) is 0 Å². The van der Waals surface area contributed by atoms with E-state index in [1.54, 1.807) is 30.3 Å². The highest BCUT2D eigenvalue weighted by Gasteiger charge is 2.32. The second-order valence-electron chi connectivity index (χ2n) is 3.92. The van der Waals surface area contributed by atoms with Crippen molar-refractivity contribution in [2.24, 2.45) is 0 Å². The first kappa shape index (κ1) is 13.0. The second kappa shape index (κ2) is 5.02. The summed E-state index contributed by atoms with van der Waals surface area (Å²) < 4.78 is 38.5. The molecule has 0 fully saturated rings. The Bertz CT molecular complexity index is 547. The van der Waals surface area contributed by atoms with Gasteiger partial charge in [0.1, 0.15) is 0 Å². The van der Waals surface area contributed by atoms with Crippen LogP contribution < -0.4 is 0 Å². The summed E-state index contributed by atoms with van der Waals surface area (Å²) in [7, 11) is 0. The Kier molecular flexibility index (Phi) is 3.62. The summed E-state index contributed by atoms with van der Waals surface area (Å²) in [5.41, 5.74) is 0.318. The Balaban J connectivity index is 2.39. The number of hydrogen-bond donors (Lipinski definition) is 0. The molecule has 0 radical (unpaired) electrons. The van der Waals surface area contributed by atoms with Crippen molar-refractivity contribution < 1.29 is 13.2 Å². The van der Waals surface area contributed by atoms with E-state index < -0.39 is 11.7 Å². The molecule has 0 heterocycles. The van der Waals surface area contributed by atoms with E-state index in [0.29, 0.717) is 10.6 Å². The number of halogens is 4. The molecule has 4 heteroatoms. The Labute approximate surface area is 108 Å². The fourth-order valence-corrected chi connectivity index (χ4v) is 2.00. The third-order valence-electron chi connectivity index (χ3n) is 2.66. The summed E-state index contributed by atoms with van der Waals surface area (Å²) in [5.74, 6) is 0. The first-order chi connectivity index (χ1) is 8.48. The molecule has 0 saturated carbocycles. The van der Waals surface area contributed by atoms with Crippen LogP contribution in [-0.2, 0) is 12.6 Å². The number of hydrogen-bond acceptors (Lipinski definition) is 0. The molecule has 0 bridgehead atoms. The molecule has 2 aromatic carbocycles. The van der Waals surface area contributed by atoms with Crippen molar-refractivity contribution >= 4 is 11.6 Å². The quantitative estimate of drug-likeness (QED) is 0.724. The summed E-state index contributed by atoms with van der Waals surface area (Å²) in [5, 5.41) is 0.481. The van der Waals surface area contributed by atoms with Crippen LogP contribution in [-0.4, -0.2) is 0 Å². The summed E-state index contributed by atoms with van der Waals surface area (Å²) in [6, 6.07) is 12.5. The van der Waals surface area contributed by atoms with Crippen LogP contribution in [0.1, 0.15) is 16.7 Å². The third kappa shape index (κ3) is 2.85. The molecule has 0 aromatic heterocycles. The van der Waals surface area contributed by atoms with Crippen LogP contribution in [0.5, 0.6) is 0 Å². The van der Waals surface area contributed by atoms with Crippen LogP contribution in [0.15, 0.2) is 48.5 Å². The Morgan fingerprint density at radius 3 is 2.00 bits per heavy atom. The molecule has 2 aromatic rings. The minimum absolute atomic E-state index is 0.176. The van der Waals surface area contributed by atoms with E-state index in [1.165, 1.54) is 12.1 Å². The molecule has 0 spiro atoms. The molecule has 2 rings (SSSR count). The van der Waals surface area contributed by atoms with Gasteiger partial charge in [-0.15, -0.1) is 0 Å². The summed E-state index contributed by atoms with van der Waals surface area (Å²) in [4.78, 5) is 0. The van der Waals surface area contributed by atoms with Crippen molar-refractivity contribution in [1.82, 2.24) is 0 Å². The highest BCUT2D eigenvalue weighted by Crippen LogP contribution is 2.33. The van der Waals surface area contributed by atoms with Crippen LogP contribution in [0.4, 0.5) is 13.2 Å². The van der Waals surface area contributed by atoms with E-state index in [0.717, 1.165) is 6.07 Å². The second-order valence-corrected chi connectivity index (χ2v) is 4.33. The zero-order valence-electron chi connectivity index (χ0n) is 9.34. The highest BCUT2D eigenvalue weighted by molar-refractivity contribution is 6.31. The maximum Gasteiger partial charge on any atom is 0.416 e. The van der Waals surface area contributed by atoms with Gasteiger partial charge in [0.05, 0.1) is 5.56 Å². The van der Waals surface area contributed by atoms with Crippen molar-refractivity contribution in [3.63, 3.8) is 0 Å². The summed E-state index contributed by atoms with van der Waals surface area (Å²) in [6.07, 6.45) is -4.16. The standard InChI is InChI=1S/C14H10ClF3/c15-13-8-4-2-6-11(13)9-10-5-1-3-7-12(10)14(16,17)18/h1-8H,9H2. The lowest BCUT2D eigenvalue weighted by atomic mass is 9.99. The zero-order chi connectivity index (χ0) is 13.2. The molecule has 0 aliphatic rings. The number of benzene rings is 2. The SMILES string of the molecule is FC(F)(F)c1ccccc1Cc1ccccc1Cl. The maximum atomic E-state index is 12.8. The normalized spacial score (nSPS) is 11.6. The predicted octanol–water partition coefficient (Wildman–Crippen LogP) is 4.95. The number of rotatable bonds is 2. The minimum atomic E-state index is -4.34. The van der Waals surface area contributed by atoms with E-state index in [4.69, 9.17) is 11.6 Å². The van der Waals surface area contributed by atoms with Gasteiger partial charge in [-0.05, 0) is 29.7 Å². The molecule has 0 amide bonds. The molecule has 0 N–H and O–H groups in total. The van der Waals surface area contributed by atoms with Crippen molar-refractivity contribution in [2.75, 3.05) is 0 Å². The fourth-order valence-electron chi connectivity index (χ4n) is 1.80. The van der Waals surface area contributed by atoms with Crippen LogP contribution in [0.2, 0.25) is 5.02 Å². The van der Waals surface area contributed by atoms with Gasteiger partial charge in [0.2, 0.25) is 0 Å². The molecule has 0 aliphatic carbocycles. The topological polar surface area (TPSA) is 0 Å². The van der Waals surface area contributed by atoms with Crippen LogP contribution in [0.3, 0.4) is 0 Å². The van der Waals surface area contributed by atoms with Gasteiger partial charge in [-0.3, -0.25) is 0 Å². The smallest absolute Gasteiger partial charge is 0.166 e. The third-order valence-corrected chi connectivity index (χ3v) is 3.03. The van der Waals surface area contributed by atoms with Crippen LogP contribution >= 0.6 is 11.6 Å². The van der Waals surface area contributed by atoms with E-state index in [9.17, 15) is 13.2 Å². The van der Waals surface area contributed by atoms with E-state index >= 15 is 0 Å². The van der Waals surface area contributed by atoms with E-state index in [2.05, 4.69) is 0 Å². The molecule has 0 unspecified atom stereocenters. The van der Waals surface area contributed by atoms with Gasteiger partial charge in [0, 0.05) is 5.02 Å². The van der Waals surface area contributed by atoms with Gasteiger partial charge in [0.15, 0.2) is 0 Å². The number of alkyl halides is 3. The maximum absolute atomic E-state index is 12.8. The van der Waals surface area contributed by atoms with Gasteiger partial charge < -0.3 is 0 Å². The van der Waals surface area contributed by atoms with Crippen LogP contribution in [0.25, 0.3) is 0 Å². The first-order valence-corrected chi connectivity index (χ1v) is 5.75. The van der Waals surface area contributed by atoms with Crippen LogP contribution in [0, 0.1) is 0 Å². The van der Waals surface area contributed by atoms with Gasteiger partial charge >= 0.3 is 6.18 Å². The van der Waals surface area contributed by atoms with E-state index in [1.807, 2.05) is 0 Å². The Morgan fingerprint density at radius 2 is 1.39 bits per heavy atom. The van der Waals surface area contributed by atoms with Gasteiger partial charge in [0.25, 0.3) is 0 Å². The fraction of sp³-hybridized carbons (Fsp3) is 0.143. The summed E-state index contributed by atoms with van der Waals surface area (Å²) in [6.45, 7) is 0. The molecule has 94 valence electrons. The van der Waals surface area contributed by atoms with Gasteiger partial charge in [-0.25, -0.2) is 0 Å². The summed E-state index contributed by atoms with van der Waals surface area (Å²) >= 11 is 5.96.